The van der Waals surface area contributed by atoms with E-state index >= 15 is 0 Å². The maximum absolute atomic E-state index is 4.47. The molecule has 1 aromatic carbocycles. The Hall–Kier alpha value is -1.61. The van der Waals surface area contributed by atoms with Crippen LogP contribution < -0.4 is 5.32 Å². The number of hydrogen-bond donors (Lipinski definition) is 1. The summed E-state index contributed by atoms with van der Waals surface area (Å²) in [5.74, 6) is 0. The molecule has 2 rings (SSSR count). The summed E-state index contributed by atoms with van der Waals surface area (Å²) in [5.41, 5.74) is 4.97. The predicted octanol–water partition coefficient (Wildman–Crippen LogP) is 3.37. The third-order valence-electron chi connectivity index (χ3n) is 3.42. The second kappa shape index (κ2) is 6.02. The van der Waals surface area contributed by atoms with E-state index in [0.717, 1.165) is 18.8 Å². The molecule has 2 aromatic rings. The van der Waals surface area contributed by atoms with Crippen molar-refractivity contribution in [2.24, 2.45) is 0 Å². The lowest BCUT2D eigenvalue weighted by molar-refractivity contribution is 0.531. The fourth-order valence-electron chi connectivity index (χ4n) is 2.33. The first-order chi connectivity index (χ1) is 9.10. The van der Waals surface area contributed by atoms with Gasteiger partial charge in [-0.3, -0.25) is 4.68 Å². The van der Waals surface area contributed by atoms with Gasteiger partial charge in [-0.2, -0.15) is 5.10 Å². The highest BCUT2D eigenvalue weighted by Crippen LogP contribution is 2.14. The van der Waals surface area contributed by atoms with Crippen LogP contribution in [0.4, 0.5) is 0 Å². The van der Waals surface area contributed by atoms with Gasteiger partial charge in [-0.25, -0.2) is 0 Å². The van der Waals surface area contributed by atoms with Gasteiger partial charge >= 0.3 is 0 Å². The molecule has 0 bridgehead atoms. The summed E-state index contributed by atoms with van der Waals surface area (Å²) in [6.07, 6.45) is 0. The van der Waals surface area contributed by atoms with E-state index in [1.54, 1.807) is 0 Å². The van der Waals surface area contributed by atoms with Crippen LogP contribution in [0.1, 0.15) is 42.4 Å². The van der Waals surface area contributed by atoms with Crippen LogP contribution in [-0.2, 0) is 13.1 Å². The maximum atomic E-state index is 4.47. The molecular formula is C16H23N3. The summed E-state index contributed by atoms with van der Waals surface area (Å²) in [6, 6.07) is 11.2. The second-order valence-corrected chi connectivity index (χ2v) is 5.11. The first-order valence-electron chi connectivity index (χ1n) is 6.93. The number of rotatable bonds is 5. The highest BCUT2D eigenvalue weighted by atomic mass is 15.3. The number of benzene rings is 1. The van der Waals surface area contributed by atoms with Crippen LogP contribution in [0.25, 0.3) is 0 Å². The zero-order valence-corrected chi connectivity index (χ0v) is 12.3. The van der Waals surface area contributed by atoms with E-state index in [1.807, 2.05) is 6.92 Å². The fraction of sp³-hybridized carbons (Fsp3) is 0.438. The highest BCUT2D eigenvalue weighted by Gasteiger charge is 2.08. The number of hydrogen-bond acceptors (Lipinski definition) is 2. The van der Waals surface area contributed by atoms with E-state index in [1.165, 1.54) is 16.8 Å². The molecule has 0 aliphatic heterocycles. The lowest BCUT2D eigenvalue weighted by Crippen LogP contribution is -2.20. The smallest absolute Gasteiger partial charge is 0.0597 e. The second-order valence-electron chi connectivity index (χ2n) is 5.11. The summed E-state index contributed by atoms with van der Waals surface area (Å²) in [4.78, 5) is 0. The highest BCUT2D eigenvalue weighted by molar-refractivity contribution is 5.24. The zero-order valence-electron chi connectivity index (χ0n) is 12.3. The van der Waals surface area contributed by atoms with Gasteiger partial charge in [0.2, 0.25) is 0 Å². The monoisotopic (exact) mass is 257 g/mol. The lowest BCUT2D eigenvalue weighted by Gasteiger charge is -2.15. The fourth-order valence-corrected chi connectivity index (χ4v) is 2.33. The number of nitrogens with zero attached hydrogens (tertiary/aromatic N) is 2. The van der Waals surface area contributed by atoms with Gasteiger partial charge in [0.05, 0.1) is 11.4 Å². The molecule has 0 amide bonds. The van der Waals surface area contributed by atoms with Crippen LogP contribution in [-0.4, -0.2) is 9.78 Å². The molecule has 1 aromatic heterocycles. The van der Waals surface area contributed by atoms with Gasteiger partial charge in [-0.15, -0.1) is 0 Å². The van der Waals surface area contributed by atoms with Gasteiger partial charge in [0.15, 0.2) is 0 Å². The Morgan fingerprint density at radius 3 is 2.74 bits per heavy atom. The molecule has 102 valence electrons. The molecule has 19 heavy (non-hydrogen) atoms. The Balaban J connectivity index is 2.02. The zero-order chi connectivity index (χ0) is 13.8. The average molecular weight is 257 g/mol. The topological polar surface area (TPSA) is 29.9 Å². The van der Waals surface area contributed by atoms with Crippen LogP contribution in [0.5, 0.6) is 0 Å². The summed E-state index contributed by atoms with van der Waals surface area (Å²) >= 11 is 0. The molecule has 0 spiro atoms. The van der Waals surface area contributed by atoms with Crippen molar-refractivity contribution in [1.82, 2.24) is 15.1 Å². The van der Waals surface area contributed by atoms with Gasteiger partial charge in [0.25, 0.3) is 0 Å². The van der Waals surface area contributed by atoms with Crippen LogP contribution in [0, 0.1) is 13.8 Å². The molecule has 1 heterocycles. The van der Waals surface area contributed by atoms with Crippen LogP contribution in [0.3, 0.4) is 0 Å². The van der Waals surface area contributed by atoms with Crippen molar-refractivity contribution in [3.8, 4) is 0 Å². The van der Waals surface area contributed by atoms with Crippen molar-refractivity contribution in [2.45, 2.75) is 46.8 Å². The molecule has 3 heteroatoms. The van der Waals surface area contributed by atoms with Gasteiger partial charge in [0, 0.05) is 19.1 Å². The average Bonchev–Trinajstić information content (AvgIpc) is 2.76. The van der Waals surface area contributed by atoms with Crippen LogP contribution in [0.15, 0.2) is 30.3 Å². The quantitative estimate of drug-likeness (QED) is 0.890. The first kappa shape index (κ1) is 13.8. The van der Waals surface area contributed by atoms with E-state index < -0.39 is 0 Å². The predicted molar refractivity (Wildman–Crippen MR) is 79.1 cm³/mol. The van der Waals surface area contributed by atoms with Gasteiger partial charge < -0.3 is 5.32 Å². The largest absolute Gasteiger partial charge is 0.305 e. The van der Waals surface area contributed by atoms with Crippen LogP contribution in [0.2, 0.25) is 0 Å². The van der Waals surface area contributed by atoms with Crippen molar-refractivity contribution >= 4 is 0 Å². The van der Waals surface area contributed by atoms with E-state index in [9.17, 15) is 0 Å². The minimum absolute atomic E-state index is 0.348. The van der Waals surface area contributed by atoms with E-state index in [0.29, 0.717) is 6.04 Å². The minimum Gasteiger partial charge on any atom is -0.305 e. The van der Waals surface area contributed by atoms with Gasteiger partial charge in [-0.05, 0) is 39.3 Å². The molecule has 0 radical (unpaired) electrons. The van der Waals surface area contributed by atoms with Crippen molar-refractivity contribution in [1.29, 1.82) is 0 Å². The maximum Gasteiger partial charge on any atom is 0.0597 e. The molecular weight excluding hydrogens is 234 g/mol. The van der Waals surface area contributed by atoms with Crippen molar-refractivity contribution in [3.63, 3.8) is 0 Å². The Kier molecular flexibility index (Phi) is 4.38. The van der Waals surface area contributed by atoms with E-state index in [-0.39, 0.29) is 0 Å². The molecule has 0 aliphatic rings. The molecule has 1 N–H and O–H groups in total. The SMILES string of the molecule is CCn1nc(C)cc1CN[C@@H](C)c1cccc(C)c1. The minimum atomic E-state index is 0.348. The third-order valence-corrected chi connectivity index (χ3v) is 3.42. The normalized spacial score (nSPS) is 12.6. The summed E-state index contributed by atoms with van der Waals surface area (Å²) in [7, 11) is 0. The number of aryl methyl sites for hydroxylation is 3. The standard InChI is InChI=1S/C16H23N3/c1-5-19-16(10-13(3)18-19)11-17-14(4)15-8-6-7-12(2)9-15/h6-10,14,17H,5,11H2,1-4H3/t14-/m0/s1. The molecule has 0 saturated heterocycles. The number of nitrogens with one attached hydrogen (secondary N) is 1. The Labute approximate surface area is 115 Å². The van der Waals surface area contributed by atoms with Crippen LogP contribution >= 0.6 is 0 Å². The Bertz CT molecular complexity index is 543. The first-order valence-corrected chi connectivity index (χ1v) is 6.93. The summed E-state index contributed by atoms with van der Waals surface area (Å²) in [5, 5.41) is 8.04. The van der Waals surface area contributed by atoms with Gasteiger partial charge in [0.1, 0.15) is 0 Å². The van der Waals surface area contributed by atoms with Crippen molar-refractivity contribution in [2.75, 3.05) is 0 Å². The molecule has 0 unspecified atom stereocenters. The molecule has 0 aliphatic carbocycles. The Morgan fingerprint density at radius 1 is 1.26 bits per heavy atom. The third kappa shape index (κ3) is 3.44. The lowest BCUT2D eigenvalue weighted by atomic mass is 10.1. The summed E-state index contributed by atoms with van der Waals surface area (Å²) < 4.78 is 2.06. The molecule has 3 nitrogen and oxygen atoms in total. The van der Waals surface area contributed by atoms with E-state index in [4.69, 9.17) is 0 Å². The molecule has 1 atom stereocenters. The number of aromatic nitrogens is 2. The van der Waals surface area contributed by atoms with Crippen molar-refractivity contribution in [3.05, 3.63) is 52.8 Å². The van der Waals surface area contributed by atoms with E-state index in [2.05, 4.69) is 66.2 Å². The Morgan fingerprint density at radius 2 is 2.05 bits per heavy atom. The van der Waals surface area contributed by atoms with Gasteiger partial charge in [-0.1, -0.05) is 29.8 Å². The van der Waals surface area contributed by atoms with Crippen molar-refractivity contribution < 1.29 is 0 Å². The molecule has 0 saturated carbocycles. The summed E-state index contributed by atoms with van der Waals surface area (Å²) in [6.45, 7) is 10.3. The molecule has 0 fully saturated rings.